The van der Waals surface area contributed by atoms with E-state index >= 15 is 0 Å². The second-order valence-corrected chi connectivity index (χ2v) is 6.88. The number of hydrogen-bond acceptors (Lipinski definition) is 2. The maximum absolute atomic E-state index is 14.5. The van der Waals surface area contributed by atoms with E-state index in [9.17, 15) is 9.18 Å². The van der Waals surface area contributed by atoms with Gasteiger partial charge in [0.05, 0.1) is 16.8 Å². The molecule has 0 atom stereocenters. The smallest absolute Gasteiger partial charge is 0.250 e. The first-order valence-corrected chi connectivity index (χ1v) is 8.92. The van der Waals surface area contributed by atoms with Crippen LogP contribution >= 0.6 is 11.6 Å². The van der Waals surface area contributed by atoms with Crippen LogP contribution in [0.5, 0.6) is 5.75 Å². The Morgan fingerprint density at radius 2 is 2.04 bits per heavy atom. The van der Waals surface area contributed by atoms with Gasteiger partial charge in [-0.25, -0.2) is 4.39 Å². The fourth-order valence-electron chi connectivity index (χ4n) is 2.90. The molecule has 0 aromatic heterocycles. The third kappa shape index (κ3) is 4.73. The number of rotatable bonds is 6. The van der Waals surface area contributed by atoms with Gasteiger partial charge >= 0.3 is 0 Å². The summed E-state index contributed by atoms with van der Waals surface area (Å²) in [6.45, 7) is 6.07. The molecular weight excluding hydrogens is 329 g/mol. The Labute approximate surface area is 148 Å². The predicted molar refractivity (Wildman–Crippen MR) is 96.4 cm³/mol. The lowest BCUT2D eigenvalue weighted by atomic mass is 10.2. The van der Waals surface area contributed by atoms with Crippen LogP contribution in [0.4, 0.5) is 10.1 Å². The molecule has 1 aromatic rings. The normalized spacial score (nSPS) is 14.5. The molecule has 2 rings (SSSR count). The average molecular weight is 354 g/mol. The summed E-state index contributed by atoms with van der Waals surface area (Å²) < 4.78 is 20.4. The number of nitrogens with zero attached hydrogens (tertiary/aromatic N) is 1. The molecule has 24 heavy (non-hydrogen) atoms. The Bertz CT molecular complexity index is 620. The minimum Gasteiger partial charge on any atom is -0.489 e. The quantitative estimate of drug-likeness (QED) is 0.631. The number of amides is 1. The van der Waals surface area contributed by atoms with Crippen LogP contribution < -0.4 is 9.64 Å². The Morgan fingerprint density at radius 1 is 1.38 bits per heavy atom. The molecule has 0 heterocycles. The summed E-state index contributed by atoms with van der Waals surface area (Å²) in [6.07, 6.45) is 6.60. The van der Waals surface area contributed by atoms with Crippen molar-refractivity contribution < 1.29 is 13.9 Å². The summed E-state index contributed by atoms with van der Waals surface area (Å²) in [6, 6.07) is 2.79. The van der Waals surface area contributed by atoms with Crippen LogP contribution in [0.3, 0.4) is 0 Å². The first kappa shape index (κ1) is 18.8. The van der Waals surface area contributed by atoms with Gasteiger partial charge in [-0.05, 0) is 52.0 Å². The van der Waals surface area contributed by atoms with Crippen molar-refractivity contribution >= 4 is 23.2 Å². The summed E-state index contributed by atoms with van der Waals surface area (Å²) in [5.74, 6) is -0.293. The van der Waals surface area contributed by atoms with Crippen LogP contribution in [-0.4, -0.2) is 18.6 Å². The molecule has 0 saturated heterocycles. The molecule has 1 aliphatic carbocycles. The highest BCUT2D eigenvalue weighted by atomic mass is 35.5. The first-order chi connectivity index (χ1) is 11.4. The first-order valence-electron chi connectivity index (χ1n) is 8.54. The molecule has 0 bridgehead atoms. The second kappa shape index (κ2) is 8.52. The van der Waals surface area contributed by atoms with Crippen molar-refractivity contribution in [3.05, 3.63) is 34.6 Å². The van der Waals surface area contributed by atoms with Gasteiger partial charge in [0.2, 0.25) is 0 Å². The van der Waals surface area contributed by atoms with E-state index in [0.717, 1.165) is 37.7 Å². The fourth-order valence-corrected chi connectivity index (χ4v) is 3.09. The van der Waals surface area contributed by atoms with Gasteiger partial charge in [0.1, 0.15) is 11.6 Å². The van der Waals surface area contributed by atoms with E-state index in [-0.39, 0.29) is 22.7 Å². The summed E-state index contributed by atoms with van der Waals surface area (Å²) in [5.41, 5.74) is 1.09. The van der Waals surface area contributed by atoms with Gasteiger partial charge in [-0.3, -0.25) is 4.79 Å². The zero-order valence-corrected chi connectivity index (χ0v) is 15.3. The largest absolute Gasteiger partial charge is 0.489 e. The van der Waals surface area contributed by atoms with Crippen LogP contribution in [0.2, 0.25) is 5.02 Å². The number of benzene rings is 1. The molecule has 0 aliphatic heterocycles. The average Bonchev–Trinajstić information content (AvgIpc) is 3.00. The van der Waals surface area contributed by atoms with E-state index in [1.807, 2.05) is 20.8 Å². The molecule has 1 aromatic carbocycles. The van der Waals surface area contributed by atoms with Crippen molar-refractivity contribution in [3.8, 4) is 5.75 Å². The lowest BCUT2D eigenvalue weighted by Gasteiger charge is -2.23. The number of allylic oxidation sites excluding steroid dienone is 1. The zero-order valence-electron chi connectivity index (χ0n) is 14.6. The highest BCUT2D eigenvalue weighted by Crippen LogP contribution is 2.35. The van der Waals surface area contributed by atoms with E-state index in [4.69, 9.17) is 16.3 Å². The maximum atomic E-state index is 14.5. The van der Waals surface area contributed by atoms with Gasteiger partial charge in [-0.15, -0.1) is 0 Å². The predicted octanol–water partition coefficient (Wildman–Crippen LogP) is 5.51. The summed E-state index contributed by atoms with van der Waals surface area (Å²) in [5, 5.41) is 0.245. The van der Waals surface area contributed by atoms with Crippen molar-refractivity contribution in [1.29, 1.82) is 0 Å². The summed E-state index contributed by atoms with van der Waals surface area (Å²) in [7, 11) is 0. The molecule has 1 saturated carbocycles. The molecule has 0 spiro atoms. The van der Waals surface area contributed by atoms with Gasteiger partial charge in [-0.1, -0.05) is 24.1 Å². The van der Waals surface area contributed by atoms with Crippen molar-refractivity contribution in [3.63, 3.8) is 0 Å². The topological polar surface area (TPSA) is 29.5 Å². The van der Waals surface area contributed by atoms with Crippen LogP contribution in [0.1, 0.15) is 52.9 Å². The third-order valence-electron chi connectivity index (χ3n) is 4.01. The molecule has 1 amide bonds. The van der Waals surface area contributed by atoms with Crippen LogP contribution in [-0.2, 0) is 4.79 Å². The van der Waals surface area contributed by atoms with Crippen LogP contribution in [0.15, 0.2) is 23.8 Å². The Balaban J connectivity index is 2.34. The van der Waals surface area contributed by atoms with Gasteiger partial charge < -0.3 is 9.64 Å². The van der Waals surface area contributed by atoms with E-state index in [2.05, 4.69) is 0 Å². The number of carbonyl (C=O) groups is 1. The van der Waals surface area contributed by atoms with Gasteiger partial charge in [-0.2, -0.15) is 0 Å². The standard InChI is InChI=1S/C19H25ClFNO2/c1-4-9-22(19(23)10-13(2)3)17-12-18(15(20)11-16(17)21)24-14-7-5-6-8-14/h10-12,14H,4-9H2,1-3H3. The van der Waals surface area contributed by atoms with Gasteiger partial charge in [0.15, 0.2) is 0 Å². The number of carbonyl (C=O) groups excluding carboxylic acids is 1. The van der Waals surface area contributed by atoms with Gasteiger partial charge in [0.25, 0.3) is 5.91 Å². The lowest BCUT2D eigenvalue weighted by Crippen LogP contribution is -2.31. The Hall–Kier alpha value is -1.55. The molecule has 1 aliphatic rings. The fraction of sp³-hybridized carbons (Fsp3) is 0.526. The van der Waals surface area contributed by atoms with Crippen molar-refractivity contribution in [2.75, 3.05) is 11.4 Å². The van der Waals surface area contributed by atoms with Crippen molar-refractivity contribution in [1.82, 2.24) is 0 Å². The van der Waals surface area contributed by atoms with Crippen molar-refractivity contribution in [2.24, 2.45) is 0 Å². The maximum Gasteiger partial charge on any atom is 0.250 e. The van der Waals surface area contributed by atoms with Crippen LogP contribution in [0, 0.1) is 5.82 Å². The summed E-state index contributed by atoms with van der Waals surface area (Å²) >= 11 is 6.15. The Kier molecular flexibility index (Phi) is 6.67. The molecule has 5 heteroatoms. The molecule has 0 N–H and O–H groups in total. The zero-order chi connectivity index (χ0) is 17.7. The minimum atomic E-state index is -0.511. The lowest BCUT2D eigenvalue weighted by molar-refractivity contribution is -0.114. The highest BCUT2D eigenvalue weighted by molar-refractivity contribution is 6.32. The third-order valence-corrected chi connectivity index (χ3v) is 4.31. The molecule has 0 unspecified atom stereocenters. The number of anilines is 1. The number of ether oxygens (including phenoxy) is 1. The van der Waals surface area contributed by atoms with E-state index in [1.165, 1.54) is 17.0 Å². The molecular formula is C19H25ClFNO2. The van der Waals surface area contributed by atoms with E-state index in [0.29, 0.717) is 12.3 Å². The van der Waals surface area contributed by atoms with Crippen molar-refractivity contribution in [2.45, 2.75) is 59.0 Å². The minimum absolute atomic E-state index is 0.119. The molecule has 1 fully saturated rings. The van der Waals surface area contributed by atoms with Gasteiger partial charge in [0, 0.05) is 18.7 Å². The number of hydrogen-bond donors (Lipinski definition) is 0. The Morgan fingerprint density at radius 3 is 2.62 bits per heavy atom. The number of halogens is 2. The molecule has 0 radical (unpaired) electrons. The van der Waals surface area contributed by atoms with Crippen LogP contribution in [0.25, 0.3) is 0 Å². The van der Waals surface area contributed by atoms with E-state index < -0.39 is 5.82 Å². The highest BCUT2D eigenvalue weighted by Gasteiger charge is 2.22. The SMILES string of the molecule is CCCN(C(=O)C=C(C)C)c1cc(OC2CCCC2)c(Cl)cc1F. The molecule has 132 valence electrons. The summed E-state index contributed by atoms with van der Waals surface area (Å²) in [4.78, 5) is 13.9. The molecule has 3 nitrogen and oxygen atoms in total. The second-order valence-electron chi connectivity index (χ2n) is 6.47. The monoisotopic (exact) mass is 353 g/mol. The van der Waals surface area contributed by atoms with E-state index in [1.54, 1.807) is 6.07 Å².